The van der Waals surface area contributed by atoms with Crippen molar-refractivity contribution in [1.82, 2.24) is 9.47 Å². The zero-order valence-electron chi connectivity index (χ0n) is 13.0. The van der Waals surface area contributed by atoms with Gasteiger partial charge in [0.15, 0.2) is 9.84 Å². The molecular weight excluding hydrogens is 328 g/mol. The van der Waals surface area contributed by atoms with E-state index in [1.807, 2.05) is 41.2 Å². The summed E-state index contributed by atoms with van der Waals surface area (Å²) >= 11 is 0. The predicted molar refractivity (Wildman–Crippen MR) is 89.0 cm³/mol. The van der Waals surface area contributed by atoms with Gasteiger partial charge in [0.05, 0.1) is 30.3 Å². The average Bonchev–Trinajstić information content (AvgIpc) is 3.20. The van der Waals surface area contributed by atoms with Gasteiger partial charge in [0.2, 0.25) is 0 Å². The summed E-state index contributed by atoms with van der Waals surface area (Å²) in [6, 6.07) is 10.8. The molecule has 2 aliphatic rings. The summed E-state index contributed by atoms with van der Waals surface area (Å²) in [5, 5.41) is 0. The normalized spacial score (nSPS) is 25.4. The van der Waals surface area contributed by atoms with E-state index in [2.05, 4.69) is 0 Å². The summed E-state index contributed by atoms with van der Waals surface area (Å²) in [6.45, 7) is 0.804. The number of morpholine rings is 1. The molecule has 2 fully saturated rings. The second-order valence-corrected chi connectivity index (χ2v) is 8.34. The lowest BCUT2D eigenvalue weighted by Crippen LogP contribution is -2.53. The Morgan fingerprint density at radius 2 is 1.79 bits per heavy atom. The van der Waals surface area contributed by atoms with E-state index in [0.717, 1.165) is 5.69 Å². The number of amides is 1. The SMILES string of the molecule is O=C(c1ccc(-n2cccc2)cc1)N1CCOC2CS(=O)(=O)CC21. The number of benzene rings is 1. The van der Waals surface area contributed by atoms with E-state index in [4.69, 9.17) is 4.74 Å². The molecule has 6 nitrogen and oxygen atoms in total. The highest BCUT2D eigenvalue weighted by Crippen LogP contribution is 2.26. The molecule has 1 amide bonds. The number of sulfone groups is 1. The molecular formula is C17H18N2O4S. The van der Waals surface area contributed by atoms with E-state index in [1.54, 1.807) is 17.0 Å². The highest BCUT2D eigenvalue weighted by molar-refractivity contribution is 7.91. The van der Waals surface area contributed by atoms with Crippen LogP contribution in [0.5, 0.6) is 0 Å². The summed E-state index contributed by atoms with van der Waals surface area (Å²) in [6.07, 6.45) is 3.48. The van der Waals surface area contributed by atoms with Gasteiger partial charge in [0.25, 0.3) is 5.91 Å². The van der Waals surface area contributed by atoms with Gasteiger partial charge in [-0.15, -0.1) is 0 Å². The van der Waals surface area contributed by atoms with Crippen molar-refractivity contribution >= 4 is 15.7 Å². The van der Waals surface area contributed by atoms with E-state index >= 15 is 0 Å². The topological polar surface area (TPSA) is 68.6 Å². The van der Waals surface area contributed by atoms with Crippen molar-refractivity contribution in [2.45, 2.75) is 12.1 Å². The molecule has 1 aromatic heterocycles. The molecule has 126 valence electrons. The largest absolute Gasteiger partial charge is 0.373 e. The molecule has 0 radical (unpaired) electrons. The second-order valence-electron chi connectivity index (χ2n) is 6.19. The fourth-order valence-electron chi connectivity index (χ4n) is 3.42. The van der Waals surface area contributed by atoms with Crippen molar-refractivity contribution in [1.29, 1.82) is 0 Å². The van der Waals surface area contributed by atoms with E-state index in [1.165, 1.54) is 0 Å². The highest BCUT2D eigenvalue weighted by Gasteiger charge is 2.45. The first kappa shape index (κ1) is 15.4. The summed E-state index contributed by atoms with van der Waals surface area (Å²) in [5.74, 6) is -0.136. The van der Waals surface area contributed by atoms with Gasteiger partial charge >= 0.3 is 0 Å². The Hall–Kier alpha value is -2.12. The van der Waals surface area contributed by atoms with Gasteiger partial charge in [0.1, 0.15) is 0 Å². The summed E-state index contributed by atoms with van der Waals surface area (Å²) in [5.41, 5.74) is 1.54. The first-order valence-electron chi connectivity index (χ1n) is 7.90. The molecule has 0 bridgehead atoms. The third kappa shape index (κ3) is 2.74. The Kier molecular flexibility index (Phi) is 3.69. The van der Waals surface area contributed by atoms with Gasteiger partial charge < -0.3 is 14.2 Å². The Bertz CT molecular complexity index is 843. The van der Waals surface area contributed by atoms with Crippen LogP contribution in [0.4, 0.5) is 0 Å². The zero-order chi connectivity index (χ0) is 16.7. The lowest BCUT2D eigenvalue weighted by molar-refractivity contribution is -0.0361. The minimum Gasteiger partial charge on any atom is -0.373 e. The molecule has 2 saturated heterocycles. The van der Waals surface area contributed by atoms with Crippen LogP contribution in [0.1, 0.15) is 10.4 Å². The fourth-order valence-corrected chi connectivity index (χ4v) is 5.29. The minimum atomic E-state index is -3.14. The van der Waals surface area contributed by atoms with E-state index in [-0.39, 0.29) is 23.5 Å². The Balaban J connectivity index is 1.57. The van der Waals surface area contributed by atoms with Gasteiger partial charge in [-0.3, -0.25) is 4.79 Å². The van der Waals surface area contributed by atoms with Crippen LogP contribution in [0.2, 0.25) is 0 Å². The number of carbonyl (C=O) groups is 1. The monoisotopic (exact) mass is 346 g/mol. The fraction of sp³-hybridized carbons (Fsp3) is 0.353. The lowest BCUT2D eigenvalue weighted by Gasteiger charge is -2.36. The first-order chi connectivity index (χ1) is 11.5. The number of rotatable bonds is 2. The molecule has 2 atom stereocenters. The molecule has 3 heterocycles. The van der Waals surface area contributed by atoms with Crippen molar-refractivity contribution < 1.29 is 17.9 Å². The van der Waals surface area contributed by atoms with Crippen molar-refractivity contribution in [3.8, 4) is 5.69 Å². The molecule has 1 aromatic carbocycles. The molecule has 2 unspecified atom stereocenters. The average molecular weight is 346 g/mol. The second kappa shape index (κ2) is 5.75. The van der Waals surface area contributed by atoms with Crippen LogP contribution in [-0.4, -0.2) is 60.6 Å². The number of hydrogen-bond donors (Lipinski definition) is 0. The Morgan fingerprint density at radius 3 is 2.50 bits per heavy atom. The van der Waals surface area contributed by atoms with Gasteiger partial charge in [-0.05, 0) is 36.4 Å². The van der Waals surface area contributed by atoms with Crippen LogP contribution in [-0.2, 0) is 14.6 Å². The van der Waals surface area contributed by atoms with Crippen molar-refractivity contribution in [2.24, 2.45) is 0 Å². The van der Waals surface area contributed by atoms with Gasteiger partial charge in [-0.1, -0.05) is 0 Å². The van der Waals surface area contributed by atoms with E-state index in [0.29, 0.717) is 18.7 Å². The lowest BCUT2D eigenvalue weighted by atomic mass is 10.1. The molecule has 2 aliphatic heterocycles. The maximum atomic E-state index is 12.8. The van der Waals surface area contributed by atoms with E-state index in [9.17, 15) is 13.2 Å². The summed E-state index contributed by atoms with van der Waals surface area (Å²) in [7, 11) is -3.14. The third-order valence-corrected chi connectivity index (χ3v) is 6.30. The number of fused-ring (bicyclic) bond motifs is 1. The number of carbonyl (C=O) groups excluding carboxylic acids is 1. The third-order valence-electron chi connectivity index (χ3n) is 4.61. The Morgan fingerprint density at radius 1 is 1.08 bits per heavy atom. The van der Waals surface area contributed by atoms with Crippen LogP contribution >= 0.6 is 0 Å². The van der Waals surface area contributed by atoms with Crippen LogP contribution in [0, 0.1) is 0 Å². The number of nitrogens with zero attached hydrogens (tertiary/aromatic N) is 2. The molecule has 0 N–H and O–H groups in total. The molecule has 0 spiro atoms. The van der Waals surface area contributed by atoms with Gasteiger partial charge in [0, 0.05) is 30.2 Å². The smallest absolute Gasteiger partial charge is 0.254 e. The molecule has 24 heavy (non-hydrogen) atoms. The summed E-state index contributed by atoms with van der Waals surface area (Å²) < 4.78 is 31.2. The van der Waals surface area contributed by atoms with Crippen LogP contribution in [0.3, 0.4) is 0 Å². The molecule has 0 saturated carbocycles. The number of hydrogen-bond acceptors (Lipinski definition) is 4. The van der Waals surface area contributed by atoms with Gasteiger partial charge in [-0.2, -0.15) is 0 Å². The zero-order valence-corrected chi connectivity index (χ0v) is 13.9. The maximum Gasteiger partial charge on any atom is 0.254 e. The van der Waals surface area contributed by atoms with Gasteiger partial charge in [-0.25, -0.2) is 8.42 Å². The molecule has 0 aliphatic carbocycles. The van der Waals surface area contributed by atoms with Crippen molar-refractivity contribution in [3.05, 3.63) is 54.4 Å². The van der Waals surface area contributed by atoms with E-state index < -0.39 is 15.9 Å². The molecule has 7 heteroatoms. The number of aromatic nitrogens is 1. The minimum absolute atomic E-state index is 0.00795. The van der Waals surface area contributed by atoms with Crippen LogP contribution in [0.25, 0.3) is 5.69 Å². The maximum absolute atomic E-state index is 12.8. The standard InChI is InChI=1S/C17H18N2O4S/c20-17(13-3-5-14(6-4-13)18-7-1-2-8-18)19-9-10-23-16-12-24(21,22)11-15(16)19/h1-8,15-16H,9-12H2. The number of ether oxygens (including phenoxy) is 1. The van der Waals surface area contributed by atoms with Crippen LogP contribution < -0.4 is 0 Å². The first-order valence-corrected chi connectivity index (χ1v) is 9.72. The van der Waals surface area contributed by atoms with Crippen molar-refractivity contribution in [2.75, 3.05) is 24.7 Å². The predicted octanol–water partition coefficient (Wildman–Crippen LogP) is 1.12. The Labute approximate surface area is 140 Å². The molecule has 2 aromatic rings. The van der Waals surface area contributed by atoms with Crippen molar-refractivity contribution in [3.63, 3.8) is 0 Å². The highest BCUT2D eigenvalue weighted by atomic mass is 32.2. The van der Waals surface area contributed by atoms with Crippen LogP contribution in [0.15, 0.2) is 48.8 Å². The molecule has 4 rings (SSSR count). The summed E-state index contributed by atoms with van der Waals surface area (Å²) in [4.78, 5) is 14.5. The quantitative estimate of drug-likeness (QED) is 0.817.